The molecule has 64 heavy (non-hydrogen) atoms. The van der Waals surface area contributed by atoms with Gasteiger partial charge in [0.05, 0.1) is 22.9 Å². The fourth-order valence-corrected chi connectivity index (χ4v) is 10.1. The number of alkyl halides is 3. The number of furan rings is 1. The molecule has 2 aromatic carbocycles. The second-order valence-corrected chi connectivity index (χ2v) is 20.9. The number of hydrogen-bond acceptors (Lipinski definition) is 12. The molecule has 15 nitrogen and oxygen atoms in total. The Kier molecular flexibility index (Phi) is 12.0. The molecule has 2 saturated carbocycles. The fourth-order valence-electron chi connectivity index (χ4n) is 8.75. The van der Waals surface area contributed by atoms with Crippen molar-refractivity contribution in [2.75, 3.05) is 6.54 Å². The molecule has 4 aliphatic rings. The minimum Gasteiger partial charge on any atom is -0.470 e. The number of para-hydroxylation sites is 1. The average molecular weight is 911 g/mol. The average Bonchev–Trinajstić information content (AvgIpc) is 3.52. The van der Waals surface area contributed by atoms with Crippen LogP contribution >= 0.6 is 0 Å². The molecular weight excluding hydrogens is 858 g/mol. The van der Waals surface area contributed by atoms with E-state index in [0.29, 0.717) is 55.0 Å². The summed E-state index contributed by atoms with van der Waals surface area (Å²) in [5.74, 6) is -1.37. The third kappa shape index (κ3) is 9.42. The van der Waals surface area contributed by atoms with Crippen molar-refractivity contribution in [1.29, 1.82) is 0 Å². The van der Waals surface area contributed by atoms with Crippen molar-refractivity contribution in [3.63, 3.8) is 0 Å². The molecule has 2 aliphatic carbocycles. The number of hydrogen-bond donors (Lipinski definition) is 4. The molecule has 0 spiro atoms. The second-order valence-electron chi connectivity index (χ2n) is 18.7. The van der Waals surface area contributed by atoms with E-state index in [0.717, 1.165) is 24.1 Å². The SMILES string of the molecule is CC(C)(C)OC(=O)N[C@H]1CCCCC/C=C2/CC[C@](C(=O)NS(=O)(=O)C3(C)CC3)(C2)NC(O)[C@@H]2C[C@@H](Oc3nc(-c4ccc(C(F)(F)F)cc4)nc4c3oc3ccccc34)CN2C1=O. The first-order chi connectivity index (χ1) is 30.1. The molecule has 4 heterocycles. The number of aliphatic hydroxyl groups is 1. The first-order valence-corrected chi connectivity index (χ1v) is 23.2. The number of rotatable bonds is 7. The van der Waals surface area contributed by atoms with Crippen LogP contribution in [0, 0.1) is 0 Å². The van der Waals surface area contributed by atoms with E-state index in [1.54, 1.807) is 52.0 Å². The molecule has 1 unspecified atom stereocenters. The fraction of sp³-hybridized carbons (Fsp3) is 0.533. The first-order valence-electron chi connectivity index (χ1n) is 21.7. The van der Waals surface area contributed by atoms with E-state index in [9.17, 15) is 41.1 Å². The normalized spacial score (nSPS) is 26.3. The number of nitrogens with one attached hydrogen (secondary N) is 3. The zero-order valence-corrected chi connectivity index (χ0v) is 36.9. The smallest absolute Gasteiger partial charge is 0.416 e. The van der Waals surface area contributed by atoms with Gasteiger partial charge in [0.15, 0.2) is 5.82 Å². The van der Waals surface area contributed by atoms with Gasteiger partial charge in [0.2, 0.25) is 21.5 Å². The zero-order chi connectivity index (χ0) is 45.8. The van der Waals surface area contributed by atoms with E-state index in [2.05, 4.69) is 25.3 Å². The van der Waals surface area contributed by atoms with Crippen molar-refractivity contribution in [3.05, 3.63) is 65.7 Å². The number of fused-ring (bicyclic) bond motifs is 6. The van der Waals surface area contributed by atoms with E-state index >= 15 is 0 Å². The number of halogens is 3. The number of aromatic nitrogens is 2. The molecule has 3 fully saturated rings. The largest absolute Gasteiger partial charge is 0.470 e. The van der Waals surface area contributed by atoms with E-state index in [4.69, 9.17) is 13.9 Å². The van der Waals surface area contributed by atoms with Crippen molar-refractivity contribution in [2.24, 2.45) is 0 Å². The lowest BCUT2D eigenvalue weighted by atomic mass is 9.94. The van der Waals surface area contributed by atoms with Crippen LogP contribution in [-0.4, -0.2) is 93.1 Å². The van der Waals surface area contributed by atoms with Gasteiger partial charge in [-0.3, -0.25) is 19.6 Å². The molecule has 3 amide bonds. The van der Waals surface area contributed by atoms with Gasteiger partial charge < -0.3 is 29.2 Å². The van der Waals surface area contributed by atoms with E-state index in [1.165, 1.54) is 17.0 Å². The van der Waals surface area contributed by atoms with Crippen molar-refractivity contribution in [1.82, 2.24) is 30.2 Å². The molecular formula is C45H53F3N6O9S. The number of sulfonamides is 1. The van der Waals surface area contributed by atoms with Crippen LogP contribution in [0.5, 0.6) is 5.88 Å². The zero-order valence-electron chi connectivity index (χ0n) is 36.1. The summed E-state index contributed by atoms with van der Waals surface area (Å²) < 4.78 is 86.8. The van der Waals surface area contributed by atoms with Gasteiger partial charge in [0, 0.05) is 17.4 Å². The van der Waals surface area contributed by atoms with Gasteiger partial charge >= 0.3 is 12.3 Å². The van der Waals surface area contributed by atoms with Crippen LogP contribution in [0.25, 0.3) is 33.5 Å². The molecule has 2 aromatic heterocycles. The maximum absolute atomic E-state index is 14.8. The molecule has 344 valence electrons. The maximum Gasteiger partial charge on any atom is 0.416 e. The molecule has 5 atom stereocenters. The third-order valence-corrected chi connectivity index (χ3v) is 14.8. The summed E-state index contributed by atoms with van der Waals surface area (Å²) in [7, 11) is -4.06. The maximum atomic E-state index is 14.8. The summed E-state index contributed by atoms with van der Waals surface area (Å²) in [4.78, 5) is 52.9. The van der Waals surface area contributed by atoms with Gasteiger partial charge in [-0.25, -0.2) is 18.2 Å². The highest BCUT2D eigenvalue weighted by atomic mass is 32.2. The second kappa shape index (κ2) is 16.9. The topological polar surface area (TPSA) is 202 Å². The monoisotopic (exact) mass is 910 g/mol. The van der Waals surface area contributed by atoms with E-state index < -0.39 is 80.0 Å². The number of aliphatic hydroxyl groups excluding tert-OH is 1. The third-order valence-electron chi connectivity index (χ3n) is 12.6. The number of amides is 3. The number of carbonyl (C=O) groups is 3. The Labute approximate surface area is 368 Å². The van der Waals surface area contributed by atoms with Gasteiger partial charge in [-0.2, -0.15) is 18.2 Å². The number of nitrogens with zero attached hydrogens (tertiary/aromatic N) is 3. The lowest BCUT2D eigenvalue weighted by Crippen LogP contribution is -2.64. The van der Waals surface area contributed by atoms with Crippen molar-refractivity contribution < 1.29 is 55.0 Å². The predicted octanol–water partition coefficient (Wildman–Crippen LogP) is 7.02. The summed E-state index contributed by atoms with van der Waals surface area (Å²) >= 11 is 0. The van der Waals surface area contributed by atoms with Crippen LogP contribution in [0.2, 0.25) is 0 Å². The summed E-state index contributed by atoms with van der Waals surface area (Å²) in [6.07, 6.45) is -1.34. The van der Waals surface area contributed by atoms with Crippen molar-refractivity contribution >= 4 is 50.0 Å². The lowest BCUT2D eigenvalue weighted by Gasteiger charge is -2.37. The number of carbonyl (C=O) groups excluding carboxylic acids is 3. The minimum absolute atomic E-state index is 0.0445. The Morgan fingerprint density at radius 1 is 1.02 bits per heavy atom. The van der Waals surface area contributed by atoms with Gasteiger partial charge in [-0.05, 0) is 103 Å². The Morgan fingerprint density at radius 3 is 2.45 bits per heavy atom. The number of allylic oxidation sites excluding steroid dienone is 1. The summed E-state index contributed by atoms with van der Waals surface area (Å²) in [6.45, 7) is 6.53. The predicted molar refractivity (Wildman–Crippen MR) is 229 cm³/mol. The molecule has 2 bridgehead atoms. The summed E-state index contributed by atoms with van der Waals surface area (Å²) in [5.41, 5.74) is -1.16. The van der Waals surface area contributed by atoms with Crippen molar-refractivity contribution in [3.8, 4) is 17.3 Å². The highest BCUT2D eigenvalue weighted by Crippen LogP contribution is 2.44. The van der Waals surface area contributed by atoms with E-state index in [1.807, 2.05) is 6.08 Å². The van der Waals surface area contributed by atoms with Crippen LogP contribution in [-0.2, 0) is 30.5 Å². The quantitative estimate of drug-likeness (QED) is 0.138. The first kappa shape index (κ1) is 45.3. The number of alkyl carbamates (subject to hydrolysis) is 1. The standard InChI is InChI=1S/C45H53F3N6O9S/c1-42(2,3)63-41(58)49-31-13-8-6-5-7-11-26-19-20-44(24-26,40(57)53-64(59,60)43(4)21-22-43)52-37(55)32-23-29(25-54(32)39(31)56)61-38-35-34(30-12-9-10-14-33(30)62-35)50-36(51-38)27-15-17-28(18-16-27)45(46,47)48/h9-12,14-18,29,31-32,37,52,55H,5-8,13,19-25H2,1-4H3,(H,49,58)(H,53,57)/b26-11-/t29-,31+,32+,37?,44-/m1/s1. The van der Waals surface area contributed by atoms with Gasteiger partial charge in [0.25, 0.3) is 11.8 Å². The number of benzene rings is 2. The highest BCUT2D eigenvalue weighted by Gasteiger charge is 2.55. The summed E-state index contributed by atoms with van der Waals surface area (Å²) in [6, 6.07) is 9.22. The minimum atomic E-state index is -4.57. The Morgan fingerprint density at radius 2 is 1.75 bits per heavy atom. The molecule has 4 aromatic rings. The molecule has 4 N–H and O–H groups in total. The highest BCUT2D eigenvalue weighted by molar-refractivity contribution is 7.91. The van der Waals surface area contributed by atoms with Crippen molar-refractivity contribution in [2.45, 2.75) is 145 Å². The Hall–Kier alpha value is -5.27. The molecule has 0 radical (unpaired) electrons. The van der Waals surface area contributed by atoms with Crippen LogP contribution in [0.3, 0.4) is 0 Å². The van der Waals surface area contributed by atoms with Crippen LogP contribution in [0.1, 0.15) is 104 Å². The van der Waals surface area contributed by atoms with Gasteiger partial charge in [-0.1, -0.05) is 48.8 Å². The van der Waals surface area contributed by atoms with Gasteiger partial charge in [0.1, 0.15) is 40.6 Å². The van der Waals surface area contributed by atoms with Crippen LogP contribution < -0.4 is 20.1 Å². The molecule has 1 saturated heterocycles. The Balaban J connectivity index is 1.16. The molecule has 8 rings (SSSR count). The Bertz CT molecular complexity index is 2590. The van der Waals surface area contributed by atoms with Crippen LogP contribution in [0.4, 0.5) is 18.0 Å². The molecule has 19 heteroatoms. The van der Waals surface area contributed by atoms with E-state index in [-0.39, 0.29) is 55.1 Å². The van der Waals surface area contributed by atoms with Gasteiger partial charge in [-0.15, -0.1) is 0 Å². The molecule has 2 aliphatic heterocycles. The summed E-state index contributed by atoms with van der Waals surface area (Å²) in [5, 5.41) is 18.7. The number of ether oxygens (including phenoxy) is 2. The lowest BCUT2D eigenvalue weighted by molar-refractivity contribution is -0.139. The van der Waals surface area contributed by atoms with Crippen LogP contribution in [0.15, 0.2) is 64.6 Å².